The van der Waals surface area contributed by atoms with Crippen molar-refractivity contribution in [3.63, 3.8) is 0 Å². The fourth-order valence-electron chi connectivity index (χ4n) is 1.93. The summed E-state index contributed by atoms with van der Waals surface area (Å²) in [5, 5.41) is 0. The molecule has 4 heteroatoms. The normalized spacial score (nSPS) is 10.3. The minimum absolute atomic E-state index is 0.199. The topological polar surface area (TPSA) is 39.2 Å². The van der Waals surface area contributed by atoms with Gasteiger partial charge in [0, 0.05) is 29.2 Å². The van der Waals surface area contributed by atoms with E-state index in [4.69, 9.17) is 4.74 Å². The lowest BCUT2D eigenvalue weighted by molar-refractivity contribution is -0.118. The number of halogens is 1. The zero-order valence-corrected chi connectivity index (χ0v) is 12.9. The van der Waals surface area contributed by atoms with E-state index < -0.39 is 0 Å². The second kappa shape index (κ2) is 7.20. The van der Waals surface area contributed by atoms with Crippen molar-refractivity contribution in [3.8, 4) is 5.75 Å². The van der Waals surface area contributed by atoms with Gasteiger partial charge < -0.3 is 4.74 Å². The summed E-state index contributed by atoms with van der Waals surface area (Å²) in [6.45, 7) is 0. The molecule has 0 radical (unpaired) electrons. The van der Waals surface area contributed by atoms with Crippen molar-refractivity contribution in [2.45, 2.75) is 19.3 Å². The molecular weight excluding hydrogens is 318 g/mol. The van der Waals surface area contributed by atoms with Crippen LogP contribution in [0.1, 0.15) is 17.7 Å². The Kier molecular flexibility index (Phi) is 5.30. The molecule has 20 heavy (non-hydrogen) atoms. The van der Waals surface area contributed by atoms with Gasteiger partial charge in [-0.3, -0.25) is 9.78 Å². The van der Waals surface area contributed by atoms with Crippen LogP contribution in [0.2, 0.25) is 0 Å². The number of ketones is 1. The molecule has 0 saturated heterocycles. The average molecular weight is 334 g/mol. The first-order valence-corrected chi connectivity index (χ1v) is 7.22. The van der Waals surface area contributed by atoms with Gasteiger partial charge in [-0.1, -0.05) is 22.0 Å². The first-order chi connectivity index (χ1) is 9.69. The van der Waals surface area contributed by atoms with Crippen molar-refractivity contribution in [3.05, 3.63) is 58.3 Å². The smallest absolute Gasteiger partial charge is 0.137 e. The number of rotatable bonds is 6. The minimum Gasteiger partial charge on any atom is -0.497 e. The highest BCUT2D eigenvalue weighted by Gasteiger charge is 2.09. The van der Waals surface area contributed by atoms with Crippen LogP contribution in [0.3, 0.4) is 0 Å². The summed E-state index contributed by atoms with van der Waals surface area (Å²) in [5.41, 5.74) is 1.90. The van der Waals surface area contributed by atoms with Crippen LogP contribution in [0.5, 0.6) is 5.75 Å². The quantitative estimate of drug-likeness (QED) is 0.810. The highest BCUT2D eigenvalue weighted by atomic mass is 79.9. The number of ether oxygens (including phenoxy) is 1. The lowest BCUT2D eigenvalue weighted by Crippen LogP contribution is -2.05. The van der Waals surface area contributed by atoms with E-state index in [-0.39, 0.29) is 5.78 Å². The molecule has 0 bridgehead atoms. The number of Topliss-reactive ketones (excluding diaryl/α,β-unsaturated/α-hetero) is 1. The molecule has 1 aromatic carbocycles. The summed E-state index contributed by atoms with van der Waals surface area (Å²) in [5.74, 6) is 0.963. The predicted molar refractivity (Wildman–Crippen MR) is 82.0 cm³/mol. The van der Waals surface area contributed by atoms with Crippen LogP contribution >= 0.6 is 15.9 Å². The van der Waals surface area contributed by atoms with E-state index >= 15 is 0 Å². The molecule has 0 aliphatic carbocycles. The number of carbonyl (C=O) groups is 1. The molecule has 0 atom stereocenters. The maximum Gasteiger partial charge on any atom is 0.137 e. The zero-order valence-electron chi connectivity index (χ0n) is 11.3. The highest BCUT2D eigenvalue weighted by Crippen LogP contribution is 2.23. The Bertz CT molecular complexity index is 584. The van der Waals surface area contributed by atoms with Crippen molar-refractivity contribution >= 4 is 21.7 Å². The minimum atomic E-state index is 0.199. The SMILES string of the molecule is COc1ccc(Br)c(CC(=O)CCc2ccccn2)c1. The fraction of sp³-hybridized carbons (Fsp3) is 0.250. The largest absolute Gasteiger partial charge is 0.497 e. The number of pyridine rings is 1. The van der Waals surface area contributed by atoms with Gasteiger partial charge in [0.05, 0.1) is 7.11 Å². The van der Waals surface area contributed by atoms with Crippen LogP contribution in [0, 0.1) is 0 Å². The lowest BCUT2D eigenvalue weighted by atomic mass is 10.0. The second-order valence-corrected chi connectivity index (χ2v) is 5.35. The number of nitrogens with zero attached hydrogens (tertiary/aromatic N) is 1. The van der Waals surface area contributed by atoms with Crippen molar-refractivity contribution in [1.29, 1.82) is 0 Å². The van der Waals surface area contributed by atoms with E-state index in [2.05, 4.69) is 20.9 Å². The van der Waals surface area contributed by atoms with E-state index in [0.29, 0.717) is 19.3 Å². The molecular formula is C16H16BrNO2. The maximum absolute atomic E-state index is 12.0. The van der Waals surface area contributed by atoms with Crippen molar-refractivity contribution in [2.75, 3.05) is 7.11 Å². The molecule has 2 aromatic rings. The lowest BCUT2D eigenvalue weighted by Gasteiger charge is -2.07. The highest BCUT2D eigenvalue weighted by molar-refractivity contribution is 9.10. The fourth-order valence-corrected chi connectivity index (χ4v) is 2.31. The van der Waals surface area contributed by atoms with Gasteiger partial charge in [0.2, 0.25) is 0 Å². The summed E-state index contributed by atoms with van der Waals surface area (Å²) >= 11 is 3.46. The van der Waals surface area contributed by atoms with Crippen molar-refractivity contribution in [2.24, 2.45) is 0 Å². The summed E-state index contributed by atoms with van der Waals surface area (Å²) in [4.78, 5) is 16.3. The Hall–Kier alpha value is -1.68. The van der Waals surface area contributed by atoms with Crippen LogP contribution in [0.15, 0.2) is 47.1 Å². The molecule has 1 heterocycles. The molecule has 104 valence electrons. The molecule has 3 nitrogen and oxygen atoms in total. The monoisotopic (exact) mass is 333 g/mol. The Morgan fingerprint density at radius 2 is 2.15 bits per heavy atom. The average Bonchev–Trinajstić information content (AvgIpc) is 2.48. The maximum atomic E-state index is 12.0. The molecule has 0 saturated carbocycles. The van der Waals surface area contributed by atoms with E-state index in [1.54, 1.807) is 13.3 Å². The van der Waals surface area contributed by atoms with Crippen LogP contribution < -0.4 is 4.74 Å². The molecule has 0 fully saturated rings. The molecule has 0 aliphatic heterocycles. The summed E-state index contributed by atoms with van der Waals surface area (Å²) in [7, 11) is 1.62. The third-order valence-corrected chi connectivity index (χ3v) is 3.80. The van der Waals surface area contributed by atoms with Crippen LogP contribution in [0.25, 0.3) is 0 Å². The second-order valence-electron chi connectivity index (χ2n) is 4.49. The number of hydrogen-bond donors (Lipinski definition) is 0. The van der Waals surface area contributed by atoms with Gasteiger partial charge in [-0.05, 0) is 42.3 Å². The van der Waals surface area contributed by atoms with Gasteiger partial charge in [-0.15, -0.1) is 0 Å². The van der Waals surface area contributed by atoms with Crippen LogP contribution in [-0.4, -0.2) is 17.9 Å². The number of hydrogen-bond acceptors (Lipinski definition) is 3. The number of benzene rings is 1. The molecule has 1 aromatic heterocycles. The van der Waals surface area contributed by atoms with Crippen molar-refractivity contribution < 1.29 is 9.53 Å². The standard InChI is InChI=1S/C16H16BrNO2/c1-20-15-7-8-16(17)12(11-15)10-14(19)6-5-13-4-2-3-9-18-13/h2-4,7-9,11H,5-6,10H2,1H3. The van der Waals surface area contributed by atoms with Gasteiger partial charge >= 0.3 is 0 Å². The van der Waals surface area contributed by atoms with Gasteiger partial charge in [0.25, 0.3) is 0 Å². The van der Waals surface area contributed by atoms with Gasteiger partial charge in [-0.2, -0.15) is 0 Å². The number of aryl methyl sites for hydroxylation is 1. The first-order valence-electron chi connectivity index (χ1n) is 6.43. The third kappa shape index (κ3) is 4.17. The molecule has 0 amide bonds. The number of methoxy groups -OCH3 is 1. The van der Waals surface area contributed by atoms with Gasteiger partial charge in [-0.25, -0.2) is 0 Å². The van der Waals surface area contributed by atoms with Crippen molar-refractivity contribution in [1.82, 2.24) is 4.98 Å². The summed E-state index contributed by atoms with van der Waals surface area (Å²) in [6.07, 6.45) is 3.34. The Morgan fingerprint density at radius 3 is 2.85 bits per heavy atom. The van der Waals surface area contributed by atoms with Crippen LogP contribution in [0.4, 0.5) is 0 Å². The van der Waals surface area contributed by atoms with E-state index in [1.807, 2.05) is 36.4 Å². The Morgan fingerprint density at radius 1 is 1.30 bits per heavy atom. The zero-order chi connectivity index (χ0) is 14.4. The van der Waals surface area contributed by atoms with E-state index in [1.165, 1.54) is 0 Å². The summed E-state index contributed by atoms with van der Waals surface area (Å²) < 4.78 is 6.11. The van der Waals surface area contributed by atoms with E-state index in [9.17, 15) is 4.79 Å². The third-order valence-electron chi connectivity index (χ3n) is 3.03. The molecule has 0 spiro atoms. The molecule has 2 rings (SSSR count). The molecule has 0 unspecified atom stereocenters. The Labute approximate surface area is 127 Å². The molecule has 0 aliphatic rings. The Balaban J connectivity index is 1.94. The van der Waals surface area contributed by atoms with Gasteiger partial charge in [0.1, 0.15) is 11.5 Å². The predicted octanol–water partition coefficient (Wildman–Crippen LogP) is 3.60. The number of carbonyl (C=O) groups excluding carboxylic acids is 1. The molecule has 0 N–H and O–H groups in total. The first kappa shape index (κ1) is 14.7. The van der Waals surface area contributed by atoms with Crippen LogP contribution in [-0.2, 0) is 17.6 Å². The van der Waals surface area contributed by atoms with Gasteiger partial charge in [0.15, 0.2) is 0 Å². The van der Waals surface area contributed by atoms with E-state index in [0.717, 1.165) is 21.5 Å². The number of aromatic nitrogens is 1. The summed E-state index contributed by atoms with van der Waals surface area (Å²) in [6, 6.07) is 11.4.